The van der Waals surface area contributed by atoms with Crippen LogP contribution in [-0.2, 0) is 0 Å². The van der Waals surface area contributed by atoms with Gasteiger partial charge in [0, 0.05) is 49.3 Å². The summed E-state index contributed by atoms with van der Waals surface area (Å²) < 4.78 is 1.80. The average molecular weight is 324 g/mol. The molecule has 0 aliphatic carbocycles. The van der Waals surface area contributed by atoms with Crippen molar-refractivity contribution in [2.45, 2.75) is 20.8 Å². The van der Waals surface area contributed by atoms with Crippen LogP contribution in [0.15, 0.2) is 18.5 Å². The van der Waals surface area contributed by atoms with Crippen LogP contribution in [0.2, 0.25) is 0 Å². The Morgan fingerprint density at radius 3 is 2.12 bits per heavy atom. The molecule has 1 fully saturated rings. The number of hydrogen-bond donors (Lipinski definition) is 0. The summed E-state index contributed by atoms with van der Waals surface area (Å²) in [5.74, 6) is 2.50. The van der Waals surface area contributed by atoms with Gasteiger partial charge in [-0.1, -0.05) is 0 Å². The number of piperazine rings is 1. The molecule has 3 aromatic heterocycles. The molecule has 8 nitrogen and oxygen atoms in total. The fourth-order valence-electron chi connectivity index (χ4n) is 3.12. The number of nitrogens with zero attached hydrogens (tertiary/aromatic N) is 8. The minimum atomic E-state index is 0.644. The van der Waals surface area contributed by atoms with E-state index >= 15 is 0 Å². The second-order valence-electron chi connectivity index (χ2n) is 6.15. The number of anilines is 2. The van der Waals surface area contributed by atoms with Crippen molar-refractivity contribution < 1.29 is 0 Å². The van der Waals surface area contributed by atoms with E-state index in [1.807, 2.05) is 26.8 Å². The van der Waals surface area contributed by atoms with Crippen molar-refractivity contribution in [1.29, 1.82) is 0 Å². The Morgan fingerprint density at radius 2 is 1.42 bits per heavy atom. The van der Waals surface area contributed by atoms with Crippen LogP contribution in [0, 0.1) is 20.8 Å². The van der Waals surface area contributed by atoms with E-state index in [0.29, 0.717) is 5.78 Å². The lowest BCUT2D eigenvalue weighted by Gasteiger charge is -2.36. The summed E-state index contributed by atoms with van der Waals surface area (Å²) in [6, 6.07) is 4.06. The number of fused-ring (bicyclic) bond motifs is 1. The number of aromatic nitrogens is 6. The second-order valence-corrected chi connectivity index (χ2v) is 6.15. The van der Waals surface area contributed by atoms with Crippen molar-refractivity contribution in [3.05, 3.63) is 35.5 Å². The summed E-state index contributed by atoms with van der Waals surface area (Å²) in [6.07, 6.45) is 1.55. The number of hydrogen-bond acceptors (Lipinski definition) is 7. The average Bonchev–Trinajstić information content (AvgIpc) is 3.01. The lowest BCUT2D eigenvalue weighted by atomic mass is 10.3. The van der Waals surface area contributed by atoms with Crippen molar-refractivity contribution in [1.82, 2.24) is 29.5 Å². The molecule has 0 N–H and O–H groups in total. The molecule has 4 heterocycles. The van der Waals surface area contributed by atoms with Gasteiger partial charge in [0.05, 0.1) is 0 Å². The smallest absolute Gasteiger partial charge is 0.254 e. The molecule has 124 valence electrons. The van der Waals surface area contributed by atoms with E-state index in [1.54, 1.807) is 10.8 Å². The highest BCUT2D eigenvalue weighted by Gasteiger charge is 2.22. The van der Waals surface area contributed by atoms with E-state index < -0.39 is 0 Å². The van der Waals surface area contributed by atoms with Gasteiger partial charge in [0.2, 0.25) is 5.95 Å². The van der Waals surface area contributed by atoms with E-state index in [1.165, 1.54) is 0 Å². The van der Waals surface area contributed by atoms with Crippen LogP contribution in [-0.4, -0.2) is 55.7 Å². The van der Waals surface area contributed by atoms with Gasteiger partial charge in [-0.3, -0.25) is 0 Å². The van der Waals surface area contributed by atoms with Crippen LogP contribution in [0.5, 0.6) is 0 Å². The molecule has 0 unspecified atom stereocenters. The van der Waals surface area contributed by atoms with Crippen LogP contribution >= 0.6 is 0 Å². The van der Waals surface area contributed by atoms with Crippen molar-refractivity contribution in [3.63, 3.8) is 0 Å². The first-order chi connectivity index (χ1) is 11.6. The first-order valence-corrected chi connectivity index (χ1v) is 8.10. The number of aryl methyl sites for hydroxylation is 3. The fraction of sp³-hybridized carbons (Fsp3) is 0.438. The molecular formula is C16H20N8. The third kappa shape index (κ3) is 2.64. The molecular weight excluding hydrogens is 304 g/mol. The Morgan fingerprint density at radius 1 is 0.792 bits per heavy atom. The molecule has 0 radical (unpaired) electrons. The van der Waals surface area contributed by atoms with Crippen LogP contribution < -0.4 is 9.80 Å². The van der Waals surface area contributed by atoms with Gasteiger partial charge in [0.15, 0.2) is 0 Å². The molecule has 24 heavy (non-hydrogen) atoms. The quantitative estimate of drug-likeness (QED) is 0.700. The Labute approximate surface area is 140 Å². The molecule has 0 amide bonds. The molecule has 8 heteroatoms. The Hall–Kier alpha value is -2.77. The maximum atomic E-state index is 4.57. The molecule has 1 saturated heterocycles. The zero-order valence-electron chi connectivity index (χ0n) is 14.1. The molecule has 0 bridgehead atoms. The lowest BCUT2D eigenvalue weighted by molar-refractivity contribution is 0.625. The standard InChI is InChI=1S/C16H20N8/c1-11-8-12(2)21-16(20-11)23-6-4-22(5-7-23)14-9-13(3)19-15-17-10-18-24(14)15/h8-10H,4-7H2,1-3H3. The first-order valence-electron chi connectivity index (χ1n) is 8.10. The van der Waals surface area contributed by atoms with Gasteiger partial charge in [-0.05, 0) is 26.8 Å². The highest BCUT2D eigenvalue weighted by Crippen LogP contribution is 2.19. The maximum Gasteiger partial charge on any atom is 0.254 e. The zero-order valence-corrected chi connectivity index (χ0v) is 14.1. The Kier molecular flexibility index (Phi) is 3.51. The Balaban J connectivity index is 1.56. The van der Waals surface area contributed by atoms with Crippen LogP contribution in [0.4, 0.5) is 11.8 Å². The SMILES string of the molecule is Cc1cc(C)nc(N2CCN(c3cc(C)nc4ncnn34)CC2)n1. The van der Waals surface area contributed by atoms with Crippen molar-refractivity contribution in [3.8, 4) is 0 Å². The summed E-state index contributed by atoms with van der Waals surface area (Å²) in [5, 5.41) is 4.30. The molecule has 1 aliphatic rings. The fourth-order valence-corrected chi connectivity index (χ4v) is 3.12. The summed E-state index contributed by atoms with van der Waals surface area (Å²) in [4.78, 5) is 22.3. The first kappa shape index (κ1) is 14.8. The summed E-state index contributed by atoms with van der Waals surface area (Å²) in [6.45, 7) is 9.52. The van der Waals surface area contributed by atoms with Crippen molar-refractivity contribution in [2.75, 3.05) is 36.0 Å². The zero-order chi connectivity index (χ0) is 16.7. The minimum Gasteiger partial charge on any atom is -0.353 e. The van der Waals surface area contributed by atoms with Crippen LogP contribution in [0.25, 0.3) is 5.78 Å². The summed E-state index contributed by atoms with van der Waals surface area (Å²) in [7, 11) is 0. The predicted molar refractivity (Wildman–Crippen MR) is 91.5 cm³/mol. The highest BCUT2D eigenvalue weighted by atomic mass is 15.4. The van der Waals surface area contributed by atoms with Gasteiger partial charge in [-0.15, -0.1) is 0 Å². The topological polar surface area (TPSA) is 75.3 Å². The molecule has 0 saturated carbocycles. The largest absolute Gasteiger partial charge is 0.353 e. The summed E-state index contributed by atoms with van der Waals surface area (Å²) >= 11 is 0. The second kappa shape index (κ2) is 5.70. The monoisotopic (exact) mass is 324 g/mol. The van der Waals surface area contributed by atoms with E-state index in [2.05, 4.69) is 40.9 Å². The van der Waals surface area contributed by atoms with Gasteiger partial charge in [-0.2, -0.15) is 14.6 Å². The van der Waals surface area contributed by atoms with Gasteiger partial charge < -0.3 is 9.80 Å². The highest BCUT2D eigenvalue weighted by molar-refractivity contribution is 5.49. The van der Waals surface area contributed by atoms with E-state index in [9.17, 15) is 0 Å². The van der Waals surface area contributed by atoms with Crippen LogP contribution in [0.1, 0.15) is 17.1 Å². The van der Waals surface area contributed by atoms with E-state index in [0.717, 1.165) is 55.0 Å². The maximum absolute atomic E-state index is 4.57. The van der Waals surface area contributed by atoms with Gasteiger partial charge in [0.1, 0.15) is 12.1 Å². The molecule has 0 aromatic carbocycles. The lowest BCUT2D eigenvalue weighted by Crippen LogP contribution is -2.47. The minimum absolute atomic E-state index is 0.644. The van der Waals surface area contributed by atoms with Gasteiger partial charge >= 0.3 is 0 Å². The molecule has 1 aliphatic heterocycles. The normalized spacial score (nSPS) is 15.3. The summed E-state index contributed by atoms with van der Waals surface area (Å²) in [5.41, 5.74) is 2.97. The third-order valence-corrected chi connectivity index (χ3v) is 4.22. The van der Waals surface area contributed by atoms with Gasteiger partial charge in [-0.25, -0.2) is 15.0 Å². The van der Waals surface area contributed by atoms with Gasteiger partial charge in [0.25, 0.3) is 5.78 Å². The Bertz CT molecular complexity index is 859. The van der Waals surface area contributed by atoms with Crippen LogP contribution in [0.3, 0.4) is 0 Å². The van der Waals surface area contributed by atoms with E-state index in [-0.39, 0.29) is 0 Å². The van der Waals surface area contributed by atoms with Crippen molar-refractivity contribution >= 4 is 17.5 Å². The molecule has 3 aromatic rings. The molecule has 4 rings (SSSR count). The van der Waals surface area contributed by atoms with E-state index in [4.69, 9.17) is 0 Å². The number of rotatable bonds is 2. The third-order valence-electron chi connectivity index (χ3n) is 4.22. The molecule has 0 atom stereocenters. The molecule has 0 spiro atoms. The van der Waals surface area contributed by atoms with Crippen molar-refractivity contribution in [2.24, 2.45) is 0 Å². The predicted octanol–water partition coefficient (Wildman–Crippen LogP) is 1.17.